The number of rotatable bonds is 4. The molecule has 21 heavy (non-hydrogen) atoms. The molecule has 0 radical (unpaired) electrons. The molecule has 1 saturated heterocycles. The average molecular weight is 459 g/mol. The molecule has 1 aromatic carbocycles. The van der Waals surface area contributed by atoms with Crippen LogP contribution in [0.2, 0.25) is 0 Å². The number of thioether (sulfide) groups is 1. The molecule has 1 aliphatic rings. The summed E-state index contributed by atoms with van der Waals surface area (Å²) in [6, 6.07) is 3.15. The van der Waals surface area contributed by atoms with Gasteiger partial charge in [0.15, 0.2) is 0 Å². The van der Waals surface area contributed by atoms with Crippen molar-refractivity contribution in [3.8, 4) is 0 Å². The van der Waals surface area contributed by atoms with Crippen molar-refractivity contribution in [3.05, 3.63) is 26.6 Å². The Labute approximate surface area is 144 Å². The van der Waals surface area contributed by atoms with Crippen molar-refractivity contribution >= 4 is 59.6 Å². The second-order valence-electron chi connectivity index (χ2n) is 4.83. The quantitative estimate of drug-likeness (QED) is 0.724. The number of hydrogen-bond acceptors (Lipinski definition) is 4. The molecule has 116 valence electrons. The molecule has 0 aliphatic carbocycles. The maximum absolute atomic E-state index is 12.5. The van der Waals surface area contributed by atoms with Crippen LogP contribution >= 0.6 is 43.6 Å². The fraction of sp³-hybridized carbons (Fsp3) is 0.417. The van der Waals surface area contributed by atoms with E-state index in [9.17, 15) is 18.3 Å². The Bertz CT molecular complexity index is 685. The molecule has 0 spiro atoms. The SMILES string of the molecule is Cc1cc(Br)c(S(=O)(=O)NC2(C(=O)O)CCSC2)cc1Br. The molecule has 9 heteroatoms. The lowest BCUT2D eigenvalue weighted by Crippen LogP contribution is -2.54. The Balaban J connectivity index is 2.43. The van der Waals surface area contributed by atoms with Gasteiger partial charge in [-0.2, -0.15) is 16.5 Å². The lowest BCUT2D eigenvalue weighted by atomic mass is 10.0. The maximum atomic E-state index is 12.5. The van der Waals surface area contributed by atoms with E-state index in [1.54, 1.807) is 6.07 Å². The zero-order valence-electron chi connectivity index (χ0n) is 11.0. The van der Waals surface area contributed by atoms with Crippen molar-refractivity contribution < 1.29 is 18.3 Å². The number of carbonyl (C=O) groups is 1. The summed E-state index contributed by atoms with van der Waals surface area (Å²) in [5.74, 6) is -0.293. The lowest BCUT2D eigenvalue weighted by Gasteiger charge is -2.24. The Morgan fingerprint density at radius 2 is 2.05 bits per heavy atom. The monoisotopic (exact) mass is 457 g/mol. The van der Waals surface area contributed by atoms with Crippen LogP contribution in [0, 0.1) is 6.92 Å². The Hall–Kier alpha value is -0.0900. The highest BCUT2D eigenvalue weighted by molar-refractivity contribution is 9.11. The minimum atomic E-state index is -3.94. The standard InChI is InChI=1S/C12H13Br2NO4S2/c1-7-4-9(14)10(5-8(7)13)21(18,19)15-12(11(16)17)2-3-20-6-12/h4-5,15H,2-3,6H2,1H3,(H,16,17). The molecule has 1 fully saturated rings. The van der Waals surface area contributed by atoms with Gasteiger partial charge in [0.25, 0.3) is 0 Å². The molecule has 5 nitrogen and oxygen atoms in total. The molecule has 2 N–H and O–H groups in total. The summed E-state index contributed by atoms with van der Waals surface area (Å²) in [5.41, 5.74) is -0.550. The molecule has 1 unspecified atom stereocenters. The summed E-state index contributed by atoms with van der Waals surface area (Å²) in [7, 11) is -3.94. The van der Waals surface area contributed by atoms with Crippen LogP contribution in [0.25, 0.3) is 0 Å². The average Bonchev–Trinajstić information content (AvgIpc) is 2.82. The molecule has 0 saturated carbocycles. The number of carboxylic acids is 1. The fourth-order valence-corrected chi connectivity index (χ4v) is 6.49. The summed E-state index contributed by atoms with van der Waals surface area (Å²) >= 11 is 7.95. The van der Waals surface area contributed by atoms with Gasteiger partial charge in [-0.25, -0.2) is 8.42 Å². The minimum Gasteiger partial charge on any atom is -0.480 e. The molecule has 1 aromatic rings. The first-order valence-corrected chi connectivity index (χ1v) is 10.2. The third-order valence-electron chi connectivity index (χ3n) is 3.26. The van der Waals surface area contributed by atoms with Gasteiger partial charge in [0.1, 0.15) is 5.54 Å². The van der Waals surface area contributed by atoms with E-state index in [2.05, 4.69) is 36.6 Å². The summed E-state index contributed by atoms with van der Waals surface area (Å²) in [6.07, 6.45) is 0.275. The van der Waals surface area contributed by atoms with Crippen LogP contribution in [0.5, 0.6) is 0 Å². The van der Waals surface area contributed by atoms with E-state index in [4.69, 9.17) is 0 Å². The first-order valence-electron chi connectivity index (χ1n) is 5.99. The van der Waals surface area contributed by atoms with E-state index in [1.165, 1.54) is 17.8 Å². The highest BCUT2D eigenvalue weighted by Crippen LogP contribution is 2.33. The van der Waals surface area contributed by atoms with Crippen LogP contribution in [0.4, 0.5) is 0 Å². The molecule has 2 rings (SSSR count). The Kier molecular flexibility index (Phi) is 5.09. The van der Waals surface area contributed by atoms with E-state index in [0.29, 0.717) is 14.7 Å². The minimum absolute atomic E-state index is 0.0255. The predicted molar refractivity (Wildman–Crippen MR) is 89.2 cm³/mol. The van der Waals surface area contributed by atoms with Crippen molar-refractivity contribution in [1.82, 2.24) is 4.72 Å². The highest BCUT2D eigenvalue weighted by Gasteiger charge is 2.45. The highest BCUT2D eigenvalue weighted by atomic mass is 79.9. The van der Waals surface area contributed by atoms with E-state index in [1.807, 2.05) is 6.92 Å². The largest absolute Gasteiger partial charge is 0.480 e. The zero-order valence-corrected chi connectivity index (χ0v) is 15.8. The Morgan fingerprint density at radius 1 is 1.38 bits per heavy atom. The van der Waals surface area contributed by atoms with Crippen molar-refractivity contribution in [3.63, 3.8) is 0 Å². The second-order valence-corrected chi connectivity index (χ2v) is 9.29. The van der Waals surface area contributed by atoms with Gasteiger partial charge < -0.3 is 5.11 Å². The van der Waals surface area contributed by atoms with Crippen molar-refractivity contribution in [1.29, 1.82) is 0 Å². The van der Waals surface area contributed by atoms with Gasteiger partial charge in [0.05, 0.1) is 4.90 Å². The molecular weight excluding hydrogens is 446 g/mol. The van der Waals surface area contributed by atoms with Gasteiger partial charge in [-0.1, -0.05) is 15.9 Å². The number of aliphatic carboxylic acids is 1. The first-order chi connectivity index (χ1) is 9.68. The summed E-state index contributed by atoms with van der Waals surface area (Å²) < 4.78 is 28.5. The van der Waals surface area contributed by atoms with Crippen molar-refractivity contribution in [2.24, 2.45) is 0 Å². The molecule has 1 heterocycles. The normalized spacial score (nSPS) is 22.4. The van der Waals surface area contributed by atoms with Gasteiger partial charge in [-0.05, 0) is 52.7 Å². The Morgan fingerprint density at radius 3 is 2.57 bits per heavy atom. The van der Waals surface area contributed by atoms with Gasteiger partial charge in [0, 0.05) is 14.7 Å². The number of carboxylic acid groups (broad SMARTS) is 1. The smallest absolute Gasteiger partial charge is 0.325 e. The molecular formula is C12H13Br2NO4S2. The van der Waals surface area contributed by atoms with Gasteiger partial charge in [-0.3, -0.25) is 4.79 Å². The van der Waals surface area contributed by atoms with Gasteiger partial charge in [0.2, 0.25) is 10.0 Å². The number of aryl methyl sites for hydroxylation is 1. The van der Waals surface area contributed by atoms with E-state index < -0.39 is 21.5 Å². The topological polar surface area (TPSA) is 83.5 Å². The number of halogens is 2. The third kappa shape index (κ3) is 3.47. The van der Waals surface area contributed by atoms with E-state index in [0.717, 1.165) is 5.56 Å². The summed E-state index contributed by atoms with van der Waals surface area (Å²) in [4.78, 5) is 11.5. The van der Waals surface area contributed by atoms with Crippen LogP contribution in [0.3, 0.4) is 0 Å². The van der Waals surface area contributed by atoms with Crippen LogP contribution in [-0.4, -0.2) is 36.5 Å². The van der Waals surface area contributed by atoms with Crippen molar-refractivity contribution in [2.75, 3.05) is 11.5 Å². The van der Waals surface area contributed by atoms with Crippen LogP contribution < -0.4 is 4.72 Å². The molecule has 0 amide bonds. The molecule has 1 atom stereocenters. The summed E-state index contributed by atoms with van der Waals surface area (Å²) in [5, 5.41) is 9.38. The van der Waals surface area contributed by atoms with Crippen molar-refractivity contribution in [2.45, 2.75) is 23.8 Å². The van der Waals surface area contributed by atoms with E-state index in [-0.39, 0.29) is 17.1 Å². The third-order valence-corrected chi connectivity index (χ3v) is 7.80. The number of benzene rings is 1. The predicted octanol–water partition coefficient (Wildman–Crippen LogP) is 2.76. The maximum Gasteiger partial charge on any atom is 0.325 e. The summed E-state index contributed by atoms with van der Waals surface area (Å²) in [6.45, 7) is 1.84. The second kappa shape index (κ2) is 6.19. The van der Waals surface area contributed by atoms with Crippen LogP contribution in [0.15, 0.2) is 26.0 Å². The van der Waals surface area contributed by atoms with Crippen LogP contribution in [0.1, 0.15) is 12.0 Å². The number of hydrogen-bond donors (Lipinski definition) is 2. The molecule has 0 bridgehead atoms. The number of nitrogens with one attached hydrogen (secondary N) is 1. The van der Waals surface area contributed by atoms with Gasteiger partial charge in [-0.15, -0.1) is 0 Å². The van der Waals surface area contributed by atoms with E-state index >= 15 is 0 Å². The molecule has 1 aliphatic heterocycles. The zero-order chi connectivity index (χ0) is 15.8. The van der Waals surface area contributed by atoms with Crippen LogP contribution in [-0.2, 0) is 14.8 Å². The lowest BCUT2D eigenvalue weighted by molar-refractivity contribution is -0.142. The fourth-order valence-electron chi connectivity index (χ4n) is 2.00. The first kappa shape index (κ1) is 17.3. The molecule has 0 aromatic heterocycles. The number of sulfonamides is 1. The van der Waals surface area contributed by atoms with Gasteiger partial charge >= 0.3 is 5.97 Å².